The van der Waals surface area contributed by atoms with Crippen LogP contribution in [-0.2, 0) is 19.1 Å². The molecule has 0 aromatic heterocycles. The van der Waals surface area contributed by atoms with E-state index in [9.17, 15) is 19.8 Å². The SMILES string of the molecule is CC/C=C/CC(O)/C=C/C=C/CCCCCCCC(=O)O[C@@H](CO)COC(=O)CCCCCCCCCCCCCC. The Labute approximate surface area is 258 Å². The molecule has 2 atom stereocenters. The number of carbonyl (C=O) groups excluding carboxylic acids is 2. The third kappa shape index (κ3) is 29.6. The predicted octanol–water partition coefficient (Wildman–Crippen LogP) is 9.09. The van der Waals surface area contributed by atoms with Gasteiger partial charge in [0.1, 0.15) is 6.61 Å². The number of carbonyl (C=O) groups is 2. The maximum absolute atomic E-state index is 12.1. The Morgan fingerprint density at radius 2 is 1.21 bits per heavy atom. The molecule has 0 heterocycles. The highest BCUT2D eigenvalue weighted by molar-refractivity contribution is 5.70. The summed E-state index contributed by atoms with van der Waals surface area (Å²) in [6, 6.07) is 0. The van der Waals surface area contributed by atoms with E-state index in [0.717, 1.165) is 64.2 Å². The van der Waals surface area contributed by atoms with Gasteiger partial charge in [-0.15, -0.1) is 0 Å². The number of esters is 2. The van der Waals surface area contributed by atoms with E-state index in [1.165, 1.54) is 57.8 Å². The molecule has 0 saturated carbocycles. The summed E-state index contributed by atoms with van der Waals surface area (Å²) in [6.45, 7) is 3.89. The topological polar surface area (TPSA) is 93.1 Å². The fourth-order valence-corrected chi connectivity index (χ4v) is 4.65. The van der Waals surface area contributed by atoms with Crippen molar-refractivity contribution < 1.29 is 29.3 Å². The smallest absolute Gasteiger partial charge is 0.306 e. The van der Waals surface area contributed by atoms with E-state index in [1.54, 1.807) is 6.08 Å². The Kier molecular flexibility index (Phi) is 30.5. The van der Waals surface area contributed by atoms with Gasteiger partial charge in [0.25, 0.3) is 0 Å². The fraction of sp³-hybridized carbons (Fsp3) is 0.778. The van der Waals surface area contributed by atoms with Gasteiger partial charge in [-0.25, -0.2) is 0 Å². The molecule has 0 aromatic rings. The molecular formula is C36H64O6. The quantitative estimate of drug-likeness (QED) is 0.0374. The number of unbranched alkanes of at least 4 members (excludes halogenated alkanes) is 16. The lowest BCUT2D eigenvalue weighted by Crippen LogP contribution is -2.28. The standard InChI is InChI=1S/C36H64O6/c1-3-5-7-8-9-10-11-12-15-18-21-25-29-35(39)41-32-34(31-37)42-36(40)30-26-22-19-16-13-14-17-20-24-28-33(38)27-23-6-4-2/h6,17,20,23-24,28,33-34,37-38H,3-5,7-16,18-19,21-22,25-27,29-32H2,1-2H3/b20-17+,23-6+,28-24+/t33?,34-/m0/s1. The van der Waals surface area contributed by atoms with Gasteiger partial charge in [0.15, 0.2) is 6.10 Å². The van der Waals surface area contributed by atoms with Crippen LogP contribution in [0.2, 0.25) is 0 Å². The first-order valence-corrected chi connectivity index (χ1v) is 17.2. The minimum Gasteiger partial charge on any atom is -0.462 e. The number of hydrogen-bond donors (Lipinski definition) is 2. The van der Waals surface area contributed by atoms with Gasteiger partial charge in [0.05, 0.1) is 12.7 Å². The monoisotopic (exact) mass is 592 g/mol. The normalized spacial score (nSPS) is 13.3. The van der Waals surface area contributed by atoms with Crippen LogP contribution < -0.4 is 0 Å². The van der Waals surface area contributed by atoms with Crippen LogP contribution in [0.5, 0.6) is 0 Å². The zero-order valence-electron chi connectivity index (χ0n) is 27.1. The summed E-state index contributed by atoms with van der Waals surface area (Å²) in [5.41, 5.74) is 0. The van der Waals surface area contributed by atoms with Gasteiger partial charge in [-0.2, -0.15) is 0 Å². The van der Waals surface area contributed by atoms with Crippen molar-refractivity contribution in [3.8, 4) is 0 Å². The largest absolute Gasteiger partial charge is 0.462 e. The van der Waals surface area contributed by atoms with Crippen molar-refractivity contribution in [1.29, 1.82) is 0 Å². The molecule has 0 aliphatic carbocycles. The van der Waals surface area contributed by atoms with E-state index in [-0.39, 0.29) is 25.2 Å². The van der Waals surface area contributed by atoms with Crippen molar-refractivity contribution in [2.75, 3.05) is 13.2 Å². The summed E-state index contributed by atoms with van der Waals surface area (Å²) in [6.07, 6.45) is 33.8. The van der Waals surface area contributed by atoms with E-state index < -0.39 is 12.2 Å². The molecule has 0 saturated heterocycles. The zero-order chi connectivity index (χ0) is 30.9. The minimum atomic E-state index is -0.793. The van der Waals surface area contributed by atoms with E-state index in [4.69, 9.17) is 9.47 Å². The predicted molar refractivity (Wildman–Crippen MR) is 174 cm³/mol. The fourth-order valence-electron chi connectivity index (χ4n) is 4.65. The number of allylic oxidation sites excluding steroid dienone is 4. The van der Waals surface area contributed by atoms with Crippen molar-refractivity contribution >= 4 is 11.9 Å². The van der Waals surface area contributed by atoms with E-state index in [1.807, 2.05) is 18.2 Å². The summed E-state index contributed by atoms with van der Waals surface area (Å²) in [5.74, 6) is -0.645. The van der Waals surface area contributed by atoms with E-state index >= 15 is 0 Å². The first-order valence-electron chi connectivity index (χ1n) is 17.2. The van der Waals surface area contributed by atoms with Gasteiger partial charge >= 0.3 is 11.9 Å². The highest BCUT2D eigenvalue weighted by Gasteiger charge is 2.16. The Balaban J connectivity index is 3.67. The molecular weight excluding hydrogens is 528 g/mol. The Morgan fingerprint density at radius 3 is 1.79 bits per heavy atom. The van der Waals surface area contributed by atoms with Gasteiger partial charge < -0.3 is 19.7 Å². The maximum atomic E-state index is 12.1. The van der Waals surface area contributed by atoms with Crippen LogP contribution >= 0.6 is 0 Å². The number of ether oxygens (including phenoxy) is 2. The first kappa shape index (κ1) is 40.1. The molecule has 42 heavy (non-hydrogen) atoms. The molecule has 0 aliphatic heterocycles. The zero-order valence-corrected chi connectivity index (χ0v) is 27.1. The highest BCUT2D eigenvalue weighted by Crippen LogP contribution is 2.13. The molecule has 0 spiro atoms. The molecule has 0 aromatic carbocycles. The van der Waals surface area contributed by atoms with Crippen molar-refractivity contribution in [2.45, 2.75) is 167 Å². The van der Waals surface area contributed by atoms with Crippen LogP contribution in [0.3, 0.4) is 0 Å². The van der Waals surface area contributed by atoms with Gasteiger partial charge in [-0.1, -0.05) is 140 Å². The second-order valence-corrected chi connectivity index (χ2v) is 11.4. The summed E-state index contributed by atoms with van der Waals surface area (Å²) in [7, 11) is 0. The molecule has 0 radical (unpaired) electrons. The summed E-state index contributed by atoms with van der Waals surface area (Å²) in [4.78, 5) is 24.1. The average molecular weight is 593 g/mol. The number of aliphatic hydroxyl groups excluding tert-OH is 2. The van der Waals surface area contributed by atoms with Gasteiger partial charge in [0, 0.05) is 12.8 Å². The molecule has 0 amide bonds. The Hall–Kier alpha value is -1.92. The van der Waals surface area contributed by atoms with Crippen LogP contribution in [0.4, 0.5) is 0 Å². The summed E-state index contributed by atoms with van der Waals surface area (Å²) < 4.78 is 10.5. The van der Waals surface area contributed by atoms with E-state index in [0.29, 0.717) is 19.3 Å². The summed E-state index contributed by atoms with van der Waals surface area (Å²) in [5, 5.41) is 19.3. The molecule has 244 valence electrons. The number of aliphatic hydroxyl groups is 2. The molecule has 0 aliphatic rings. The summed E-state index contributed by atoms with van der Waals surface area (Å²) >= 11 is 0. The van der Waals surface area contributed by atoms with Crippen molar-refractivity contribution in [3.05, 3.63) is 36.5 Å². The first-order chi connectivity index (χ1) is 20.5. The molecule has 0 fully saturated rings. The number of hydrogen-bond acceptors (Lipinski definition) is 6. The van der Waals surface area contributed by atoms with Crippen LogP contribution in [0.25, 0.3) is 0 Å². The lowest BCUT2D eigenvalue weighted by atomic mass is 10.0. The lowest BCUT2D eigenvalue weighted by molar-refractivity contribution is -0.161. The molecule has 2 N–H and O–H groups in total. The van der Waals surface area contributed by atoms with Crippen molar-refractivity contribution in [1.82, 2.24) is 0 Å². The second kappa shape index (κ2) is 32.0. The third-order valence-electron chi connectivity index (χ3n) is 7.28. The molecule has 1 unspecified atom stereocenters. The van der Waals surface area contributed by atoms with Gasteiger partial charge in [-0.05, 0) is 38.5 Å². The molecule has 6 heteroatoms. The highest BCUT2D eigenvalue weighted by atomic mass is 16.6. The van der Waals surface area contributed by atoms with Crippen LogP contribution in [0.15, 0.2) is 36.5 Å². The van der Waals surface area contributed by atoms with Crippen LogP contribution in [0, 0.1) is 0 Å². The molecule has 0 bridgehead atoms. The Morgan fingerprint density at radius 1 is 0.667 bits per heavy atom. The van der Waals surface area contributed by atoms with Crippen molar-refractivity contribution in [2.24, 2.45) is 0 Å². The lowest BCUT2D eigenvalue weighted by Gasteiger charge is -2.15. The van der Waals surface area contributed by atoms with Gasteiger partial charge in [0.2, 0.25) is 0 Å². The molecule has 6 nitrogen and oxygen atoms in total. The minimum absolute atomic E-state index is 0.0864. The third-order valence-corrected chi connectivity index (χ3v) is 7.28. The average Bonchev–Trinajstić information content (AvgIpc) is 2.98. The number of rotatable bonds is 30. The van der Waals surface area contributed by atoms with Crippen molar-refractivity contribution in [3.63, 3.8) is 0 Å². The van der Waals surface area contributed by atoms with Crippen LogP contribution in [0.1, 0.15) is 155 Å². The maximum Gasteiger partial charge on any atom is 0.306 e. The Bertz CT molecular complexity index is 699. The van der Waals surface area contributed by atoms with Gasteiger partial charge in [-0.3, -0.25) is 9.59 Å². The van der Waals surface area contributed by atoms with Crippen LogP contribution in [-0.4, -0.2) is 47.6 Å². The van der Waals surface area contributed by atoms with E-state index in [2.05, 4.69) is 26.0 Å². The second-order valence-electron chi connectivity index (χ2n) is 11.4. The molecule has 0 rings (SSSR count).